The van der Waals surface area contributed by atoms with Gasteiger partial charge in [-0.2, -0.15) is 0 Å². The molecule has 2 heterocycles. The number of carboxylic acid groups (broad SMARTS) is 1. The summed E-state index contributed by atoms with van der Waals surface area (Å²) in [7, 11) is 0. The smallest absolute Gasteiger partial charge is 0.303 e. The molecule has 1 aromatic heterocycles. The highest BCUT2D eigenvalue weighted by Gasteiger charge is 2.33. The molecule has 0 bridgehead atoms. The van der Waals surface area contributed by atoms with Gasteiger partial charge in [-0.15, -0.1) is 0 Å². The fourth-order valence-corrected chi connectivity index (χ4v) is 3.29. The van der Waals surface area contributed by atoms with Crippen molar-refractivity contribution in [2.24, 2.45) is 5.92 Å². The van der Waals surface area contributed by atoms with E-state index in [1.165, 1.54) is 0 Å². The molecule has 3 unspecified atom stereocenters. The number of para-hydroxylation sites is 1. The molecule has 1 aliphatic rings. The lowest BCUT2D eigenvalue weighted by Crippen LogP contribution is -2.36. The Morgan fingerprint density at radius 1 is 1.21 bits per heavy atom. The van der Waals surface area contributed by atoms with Crippen LogP contribution in [0.1, 0.15) is 36.5 Å². The van der Waals surface area contributed by atoms with Crippen LogP contribution in [0.25, 0.3) is 0 Å². The Labute approximate surface area is 164 Å². The average Bonchev–Trinajstić information content (AvgIpc) is 2.69. The molecule has 3 rings (SSSR count). The van der Waals surface area contributed by atoms with E-state index in [-0.39, 0.29) is 24.2 Å². The molecule has 0 amide bonds. The van der Waals surface area contributed by atoms with Gasteiger partial charge in [0, 0.05) is 36.7 Å². The van der Waals surface area contributed by atoms with E-state index in [0.29, 0.717) is 25.9 Å². The van der Waals surface area contributed by atoms with Gasteiger partial charge in [0.15, 0.2) is 6.29 Å². The molecule has 6 nitrogen and oxygen atoms in total. The van der Waals surface area contributed by atoms with Gasteiger partial charge >= 0.3 is 5.97 Å². The van der Waals surface area contributed by atoms with Crippen molar-refractivity contribution in [3.05, 3.63) is 72.1 Å². The average molecular weight is 383 g/mol. The molecular formula is C22H25NO5. The lowest BCUT2D eigenvalue weighted by Gasteiger charge is -2.37. The van der Waals surface area contributed by atoms with E-state index in [9.17, 15) is 9.90 Å². The Balaban J connectivity index is 1.69. The summed E-state index contributed by atoms with van der Waals surface area (Å²) in [5, 5.41) is 19.0. The van der Waals surface area contributed by atoms with Crippen molar-refractivity contribution in [1.29, 1.82) is 0 Å². The second kappa shape index (κ2) is 10.0. The summed E-state index contributed by atoms with van der Waals surface area (Å²) >= 11 is 0. The predicted molar refractivity (Wildman–Crippen MR) is 104 cm³/mol. The van der Waals surface area contributed by atoms with E-state index in [1.54, 1.807) is 24.5 Å². The maximum atomic E-state index is 10.6. The van der Waals surface area contributed by atoms with Crippen LogP contribution in [0.4, 0.5) is 0 Å². The first-order valence-corrected chi connectivity index (χ1v) is 9.44. The lowest BCUT2D eigenvalue weighted by atomic mass is 9.91. The summed E-state index contributed by atoms with van der Waals surface area (Å²) in [5.74, 6) is -0.576. The van der Waals surface area contributed by atoms with Crippen molar-refractivity contribution in [1.82, 2.24) is 4.98 Å². The predicted octanol–water partition coefficient (Wildman–Crippen LogP) is 3.87. The van der Waals surface area contributed by atoms with Crippen molar-refractivity contribution >= 4 is 5.97 Å². The van der Waals surface area contributed by atoms with Crippen LogP contribution in [-0.4, -0.2) is 34.1 Å². The normalized spacial score (nSPS) is 22.4. The van der Waals surface area contributed by atoms with Crippen LogP contribution in [0.3, 0.4) is 0 Å². The highest BCUT2D eigenvalue weighted by atomic mass is 16.7. The summed E-state index contributed by atoms with van der Waals surface area (Å²) in [6.07, 6.45) is 8.51. The highest BCUT2D eigenvalue weighted by molar-refractivity contribution is 5.66. The van der Waals surface area contributed by atoms with Gasteiger partial charge < -0.3 is 19.7 Å². The number of carbonyl (C=O) groups is 1. The third-order valence-electron chi connectivity index (χ3n) is 4.72. The number of nitrogens with zero attached hydrogens (tertiary/aromatic N) is 1. The van der Waals surface area contributed by atoms with Gasteiger partial charge in [-0.1, -0.05) is 36.4 Å². The lowest BCUT2D eigenvalue weighted by molar-refractivity contribution is -0.238. The van der Waals surface area contributed by atoms with Crippen molar-refractivity contribution in [2.75, 3.05) is 6.61 Å². The molecule has 0 radical (unpaired) electrons. The first-order valence-electron chi connectivity index (χ1n) is 9.44. The largest absolute Gasteiger partial charge is 0.508 e. The first-order chi connectivity index (χ1) is 13.6. The Kier molecular flexibility index (Phi) is 7.17. The van der Waals surface area contributed by atoms with Gasteiger partial charge in [-0.25, -0.2) is 0 Å². The molecule has 6 heteroatoms. The van der Waals surface area contributed by atoms with Gasteiger partial charge in [-0.05, 0) is 30.5 Å². The van der Waals surface area contributed by atoms with E-state index in [1.807, 2.05) is 36.4 Å². The van der Waals surface area contributed by atoms with Crippen LogP contribution in [0.2, 0.25) is 0 Å². The number of hydrogen-bond donors (Lipinski definition) is 2. The Morgan fingerprint density at radius 3 is 2.82 bits per heavy atom. The highest BCUT2D eigenvalue weighted by Crippen LogP contribution is 2.39. The molecule has 1 aromatic carbocycles. The Bertz CT molecular complexity index is 793. The molecule has 3 atom stereocenters. The number of ether oxygens (including phenoxy) is 2. The van der Waals surface area contributed by atoms with E-state index >= 15 is 0 Å². The van der Waals surface area contributed by atoms with Gasteiger partial charge in [0.25, 0.3) is 0 Å². The molecule has 1 saturated heterocycles. The summed E-state index contributed by atoms with van der Waals surface area (Å²) in [6, 6.07) is 11.0. The number of aliphatic carboxylic acids is 1. The van der Waals surface area contributed by atoms with Crippen molar-refractivity contribution in [3.8, 4) is 5.75 Å². The summed E-state index contributed by atoms with van der Waals surface area (Å²) in [6.45, 7) is 0.493. The number of phenolic OH excluding ortho intramolecular Hbond substituents is 1. The summed E-state index contributed by atoms with van der Waals surface area (Å²) in [5.41, 5.74) is 1.77. The maximum Gasteiger partial charge on any atom is 0.303 e. The molecule has 148 valence electrons. The van der Waals surface area contributed by atoms with Gasteiger partial charge in [0.2, 0.25) is 0 Å². The fraction of sp³-hybridized carbons (Fsp3) is 0.364. The van der Waals surface area contributed by atoms with Crippen LogP contribution in [0, 0.1) is 5.92 Å². The minimum atomic E-state index is -0.806. The number of hydrogen-bond acceptors (Lipinski definition) is 5. The Hall–Kier alpha value is -2.70. The third kappa shape index (κ3) is 5.65. The van der Waals surface area contributed by atoms with Gasteiger partial charge in [0.1, 0.15) is 5.75 Å². The quantitative estimate of drug-likeness (QED) is 0.673. The number of aromatic hydroxyl groups is 1. The minimum Gasteiger partial charge on any atom is -0.508 e. The van der Waals surface area contributed by atoms with Crippen molar-refractivity contribution < 1.29 is 24.5 Å². The van der Waals surface area contributed by atoms with Crippen LogP contribution >= 0.6 is 0 Å². The number of carboxylic acids is 1. The van der Waals surface area contributed by atoms with Crippen LogP contribution in [-0.2, 0) is 20.7 Å². The van der Waals surface area contributed by atoms with Crippen LogP contribution in [0.5, 0.6) is 5.75 Å². The molecule has 1 aliphatic heterocycles. The molecule has 2 aromatic rings. The zero-order chi connectivity index (χ0) is 19.8. The van der Waals surface area contributed by atoms with Crippen LogP contribution < -0.4 is 0 Å². The molecule has 1 fully saturated rings. The van der Waals surface area contributed by atoms with Crippen molar-refractivity contribution in [3.63, 3.8) is 0 Å². The van der Waals surface area contributed by atoms with E-state index in [2.05, 4.69) is 4.98 Å². The van der Waals surface area contributed by atoms with Crippen LogP contribution in [0.15, 0.2) is 60.9 Å². The van der Waals surface area contributed by atoms with Gasteiger partial charge in [-0.3, -0.25) is 9.78 Å². The van der Waals surface area contributed by atoms with Crippen molar-refractivity contribution in [2.45, 2.75) is 38.1 Å². The van der Waals surface area contributed by atoms with E-state index in [4.69, 9.17) is 14.6 Å². The number of allylic oxidation sites excluding steroid dienone is 2. The van der Waals surface area contributed by atoms with E-state index in [0.717, 1.165) is 11.1 Å². The number of aromatic nitrogens is 1. The summed E-state index contributed by atoms with van der Waals surface area (Å²) in [4.78, 5) is 14.7. The zero-order valence-corrected chi connectivity index (χ0v) is 15.6. The summed E-state index contributed by atoms with van der Waals surface area (Å²) < 4.78 is 12.1. The molecular weight excluding hydrogens is 358 g/mol. The second-order valence-electron chi connectivity index (χ2n) is 6.84. The van der Waals surface area contributed by atoms with Gasteiger partial charge in [0.05, 0.1) is 12.7 Å². The second-order valence-corrected chi connectivity index (χ2v) is 6.84. The third-order valence-corrected chi connectivity index (χ3v) is 4.72. The fourth-order valence-electron chi connectivity index (χ4n) is 3.29. The van der Waals surface area contributed by atoms with E-state index < -0.39 is 12.3 Å². The first kappa shape index (κ1) is 20.0. The maximum absolute atomic E-state index is 10.6. The number of rotatable bonds is 8. The molecule has 0 spiro atoms. The molecule has 0 aliphatic carbocycles. The Morgan fingerprint density at radius 2 is 2.07 bits per heavy atom. The molecule has 0 saturated carbocycles. The monoisotopic (exact) mass is 383 g/mol. The number of phenols is 1. The zero-order valence-electron chi connectivity index (χ0n) is 15.6. The molecule has 28 heavy (non-hydrogen) atoms. The standard InChI is InChI=1S/C22H25NO5/c24-19-10-5-4-9-18(19)22-17(8-2-1-3-11-20(25)26)15-27-21(28-22)13-16-7-6-12-23-14-16/h1-2,4-7,9-10,12,14,17,21-22,24H,3,8,11,13,15H2,(H,25,26)/b2-1-. The SMILES string of the molecule is O=C(O)CC/C=C\CC1COC(Cc2cccnc2)OC1c1ccccc1O. The number of benzene rings is 1. The molecule has 2 N–H and O–H groups in total. The topological polar surface area (TPSA) is 88.9 Å². The minimum absolute atomic E-state index is 0.0273. The number of pyridine rings is 1.